The Bertz CT molecular complexity index is 583. The van der Waals surface area contributed by atoms with Crippen LogP contribution >= 0.6 is 11.6 Å². The number of rotatable bonds is 4. The Labute approximate surface area is 115 Å². The fourth-order valence-electron chi connectivity index (χ4n) is 1.95. The molecular formula is C13H14ClF2N3. The minimum atomic E-state index is -0.674. The van der Waals surface area contributed by atoms with Crippen molar-refractivity contribution in [3.05, 3.63) is 52.6 Å². The van der Waals surface area contributed by atoms with Gasteiger partial charge in [-0.2, -0.15) is 0 Å². The van der Waals surface area contributed by atoms with Crippen molar-refractivity contribution >= 4 is 11.6 Å². The van der Waals surface area contributed by atoms with Crippen LogP contribution in [0, 0.1) is 11.6 Å². The lowest BCUT2D eigenvalue weighted by molar-refractivity contribution is 0.550. The molecule has 102 valence electrons. The van der Waals surface area contributed by atoms with Crippen LogP contribution in [0.4, 0.5) is 8.78 Å². The summed E-state index contributed by atoms with van der Waals surface area (Å²) in [6, 6.07) is 1.32. The highest BCUT2D eigenvalue weighted by molar-refractivity contribution is 6.30. The van der Waals surface area contributed by atoms with Gasteiger partial charge >= 0.3 is 0 Å². The summed E-state index contributed by atoms with van der Waals surface area (Å²) >= 11 is 5.51. The minimum absolute atomic E-state index is 0.104. The molecule has 0 saturated carbocycles. The van der Waals surface area contributed by atoms with E-state index in [0.717, 1.165) is 24.5 Å². The van der Waals surface area contributed by atoms with Crippen LogP contribution in [0.5, 0.6) is 0 Å². The van der Waals surface area contributed by atoms with Gasteiger partial charge in [-0.3, -0.25) is 0 Å². The first-order valence-electron chi connectivity index (χ1n) is 5.93. The number of aromatic nitrogens is 2. The Hall–Kier alpha value is -1.46. The van der Waals surface area contributed by atoms with Crippen molar-refractivity contribution in [2.24, 2.45) is 5.73 Å². The van der Waals surface area contributed by atoms with Crippen LogP contribution in [0.1, 0.15) is 24.4 Å². The normalized spacial score (nSPS) is 12.7. The number of aryl methyl sites for hydroxylation is 1. The molecule has 0 fully saturated rings. The van der Waals surface area contributed by atoms with Gasteiger partial charge in [0.25, 0.3) is 0 Å². The third-order valence-corrected chi connectivity index (χ3v) is 3.27. The van der Waals surface area contributed by atoms with E-state index in [1.54, 1.807) is 6.20 Å². The molecule has 0 saturated heterocycles. The van der Waals surface area contributed by atoms with Gasteiger partial charge in [0.2, 0.25) is 0 Å². The van der Waals surface area contributed by atoms with Gasteiger partial charge < -0.3 is 10.3 Å². The van der Waals surface area contributed by atoms with Crippen molar-refractivity contribution in [1.29, 1.82) is 0 Å². The summed E-state index contributed by atoms with van der Waals surface area (Å²) in [5.74, 6) is -0.536. The summed E-state index contributed by atoms with van der Waals surface area (Å²) in [6.45, 7) is 2.72. The Morgan fingerprint density at radius 2 is 2.11 bits per heavy atom. The first-order valence-corrected chi connectivity index (χ1v) is 6.30. The molecule has 0 aliphatic carbocycles. The lowest BCUT2D eigenvalue weighted by Gasteiger charge is -2.14. The number of benzene rings is 1. The zero-order valence-electron chi connectivity index (χ0n) is 10.4. The molecule has 0 aliphatic heterocycles. The van der Waals surface area contributed by atoms with Gasteiger partial charge in [0.1, 0.15) is 17.5 Å². The van der Waals surface area contributed by atoms with Crippen LogP contribution in [0.3, 0.4) is 0 Å². The quantitative estimate of drug-likeness (QED) is 0.878. The summed E-state index contributed by atoms with van der Waals surface area (Å²) in [5.41, 5.74) is 6.03. The van der Waals surface area contributed by atoms with Gasteiger partial charge in [0.15, 0.2) is 0 Å². The van der Waals surface area contributed by atoms with Gasteiger partial charge in [-0.15, -0.1) is 0 Å². The predicted octanol–water partition coefficient (Wildman–Crippen LogP) is 3.08. The van der Waals surface area contributed by atoms with Crippen LogP contribution in [-0.2, 0) is 13.0 Å². The number of hydrogen-bond acceptors (Lipinski definition) is 2. The zero-order valence-corrected chi connectivity index (χ0v) is 11.2. The highest BCUT2D eigenvalue weighted by atomic mass is 35.5. The smallest absolute Gasteiger partial charge is 0.142 e. The maximum absolute atomic E-state index is 13.7. The van der Waals surface area contributed by atoms with Crippen LogP contribution in [0.25, 0.3) is 0 Å². The molecule has 0 bridgehead atoms. The number of imidazole rings is 1. The van der Waals surface area contributed by atoms with E-state index in [0.29, 0.717) is 6.42 Å². The molecule has 0 radical (unpaired) electrons. The van der Waals surface area contributed by atoms with Crippen LogP contribution in [0.15, 0.2) is 24.5 Å². The first-order chi connectivity index (χ1) is 9.02. The van der Waals surface area contributed by atoms with E-state index >= 15 is 0 Å². The van der Waals surface area contributed by atoms with Crippen molar-refractivity contribution in [3.63, 3.8) is 0 Å². The fraction of sp³-hybridized carbons (Fsp3) is 0.308. The van der Waals surface area contributed by atoms with Crippen LogP contribution in [-0.4, -0.2) is 9.55 Å². The van der Waals surface area contributed by atoms with Gasteiger partial charge in [0, 0.05) is 37.0 Å². The van der Waals surface area contributed by atoms with E-state index in [2.05, 4.69) is 4.98 Å². The molecule has 1 aromatic heterocycles. The summed E-state index contributed by atoms with van der Waals surface area (Å²) < 4.78 is 29.0. The maximum Gasteiger partial charge on any atom is 0.142 e. The van der Waals surface area contributed by atoms with E-state index in [1.807, 2.05) is 17.7 Å². The predicted molar refractivity (Wildman–Crippen MR) is 69.9 cm³/mol. The van der Waals surface area contributed by atoms with E-state index in [-0.39, 0.29) is 10.6 Å². The number of nitrogens with two attached hydrogens (primary N) is 1. The third-order valence-electron chi connectivity index (χ3n) is 2.98. The third kappa shape index (κ3) is 2.93. The minimum Gasteiger partial charge on any atom is -0.335 e. The van der Waals surface area contributed by atoms with Gasteiger partial charge in [-0.25, -0.2) is 13.8 Å². The second-order valence-electron chi connectivity index (χ2n) is 4.23. The Balaban J connectivity index is 2.25. The summed E-state index contributed by atoms with van der Waals surface area (Å²) in [6.07, 6.45) is 3.81. The average molecular weight is 286 g/mol. The molecule has 1 atom stereocenters. The number of hydrogen-bond donors (Lipinski definition) is 1. The SMILES string of the molecule is CCn1ccnc1CC(N)c1cc(F)c(Cl)cc1F. The summed E-state index contributed by atoms with van der Waals surface area (Å²) in [7, 11) is 0. The molecule has 0 amide bonds. The number of nitrogens with zero attached hydrogens (tertiary/aromatic N) is 2. The van der Waals surface area contributed by atoms with Gasteiger partial charge in [0.05, 0.1) is 5.02 Å². The zero-order chi connectivity index (χ0) is 14.0. The molecule has 1 unspecified atom stereocenters. The van der Waals surface area contributed by atoms with Gasteiger partial charge in [-0.1, -0.05) is 11.6 Å². The van der Waals surface area contributed by atoms with Crippen molar-refractivity contribution in [3.8, 4) is 0 Å². The van der Waals surface area contributed by atoms with E-state index in [4.69, 9.17) is 17.3 Å². The molecule has 6 heteroatoms. The van der Waals surface area contributed by atoms with Crippen LogP contribution < -0.4 is 5.73 Å². The second-order valence-corrected chi connectivity index (χ2v) is 4.64. The molecular weight excluding hydrogens is 272 g/mol. The molecule has 3 nitrogen and oxygen atoms in total. The summed E-state index contributed by atoms with van der Waals surface area (Å²) in [4.78, 5) is 4.16. The first kappa shape index (κ1) is 14.0. The topological polar surface area (TPSA) is 43.8 Å². The highest BCUT2D eigenvalue weighted by Gasteiger charge is 2.17. The molecule has 0 aliphatic rings. The lowest BCUT2D eigenvalue weighted by atomic mass is 10.0. The standard InChI is InChI=1S/C13H14ClF2N3/c1-2-19-4-3-18-13(19)7-12(17)8-5-11(16)9(14)6-10(8)15/h3-6,12H,2,7,17H2,1H3. The van der Waals surface area contributed by atoms with Gasteiger partial charge in [-0.05, 0) is 19.1 Å². The van der Waals surface area contributed by atoms with E-state index in [1.165, 1.54) is 0 Å². The van der Waals surface area contributed by atoms with E-state index < -0.39 is 17.7 Å². The second kappa shape index (κ2) is 5.67. The van der Waals surface area contributed by atoms with Crippen LogP contribution in [0.2, 0.25) is 5.02 Å². The molecule has 19 heavy (non-hydrogen) atoms. The molecule has 2 rings (SSSR count). The Kier molecular flexibility index (Phi) is 4.17. The van der Waals surface area contributed by atoms with Crippen molar-refractivity contribution < 1.29 is 8.78 Å². The van der Waals surface area contributed by atoms with E-state index in [9.17, 15) is 8.78 Å². The number of halogens is 3. The highest BCUT2D eigenvalue weighted by Crippen LogP contribution is 2.24. The van der Waals surface area contributed by atoms with Crippen molar-refractivity contribution in [2.75, 3.05) is 0 Å². The lowest BCUT2D eigenvalue weighted by Crippen LogP contribution is -2.18. The molecule has 0 spiro atoms. The fourth-order valence-corrected chi connectivity index (χ4v) is 2.10. The Morgan fingerprint density at radius 1 is 1.37 bits per heavy atom. The summed E-state index contributed by atoms with van der Waals surface area (Å²) in [5, 5.41) is -0.247. The van der Waals surface area contributed by atoms with Crippen molar-refractivity contribution in [1.82, 2.24) is 9.55 Å². The Morgan fingerprint density at radius 3 is 2.79 bits per heavy atom. The maximum atomic E-state index is 13.7. The average Bonchev–Trinajstić information content (AvgIpc) is 2.80. The molecule has 2 N–H and O–H groups in total. The monoisotopic (exact) mass is 285 g/mol. The molecule has 1 aromatic carbocycles. The van der Waals surface area contributed by atoms with Crippen molar-refractivity contribution in [2.45, 2.75) is 25.9 Å². The molecule has 1 heterocycles. The molecule has 2 aromatic rings. The largest absolute Gasteiger partial charge is 0.335 e.